The zero-order valence-corrected chi connectivity index (χ0v) is 16.1. The first-order valence-electron chi connectivity index (χ1n) is 9.20. The average molecular weight is 386 g/mol. The zero-order chi connectivity index (χ0) is 20.4. The summed E-state index contributed by atoms with van der Waals surface area (Å²) in [5.41, 5.74) is 1.03. The van der Waals surface area contributed by atoms with E-state index in [4.69, 9.17) is 19.3 Å². The summed E-state index contributed by atoms with van der Waals surface area (Å²) < 4.78 is 16.8. The Balaban J connectivity index is 0.00000136. The molecule has 3 rings (SSSR count). The number of hydrogen-bond acceptors (Lipinski definition) is 6. The molecule has 0 aliphatic carbocycles. The number of aliphatic hydroxyl groups excluding tert-OH is 1. The predicted octanol–water partition coefficient (Wildman–Crippen LogP) is 3.25. The Hall–Kier alpha value is -2.70. The summed E-state index contributed by atoms with van der Waals surface area (Å²) in [4.78, 5) is 24.3. The van der Waals surface area contributed by atoms with Crippen LogP contribution in [0.5, 0.6) is 0 Å². The van der Waals surface area contributed by atoms with Gasteiger partial charge in [0, 0.05) is 20.0 Å². The van der Waals surface area contributed by atoms with Crippen LogP contribution in [0.4, 0.5) is 0 Å². The Morgan fingerprint density at radius 2 is 1.46 bits per heavy atom. The summed E-state index contributed by atoms with van der Waals surface area (Å²) in [5.74, 6) is -0.727. The van der Waals surface area contributed by atoms with Gasteiger partial charge in [-0.05, 0) is 31.2 Å². The van der Waals surface area contributed by atoms with Crippen molar-refractivity contribution in [1.29, 1.82) is 0 Å². The number of ether oxygens (including phenoxy) is 3. The van der Waals surface area contributed by atoms with E-state index in [0.29, 0.717) is 24.0 Å². The van der Waals surface area contributed by atoms with Crippen LogP contribution >= 0.6 is 0 Å². The zero-order valence-electron chi connectivity index (χ0n) is 16.1. The van der Waals surface area contributed by atoms with E-state index in [1.807, 2.05) is 19.1 Å². The second kappa shape index (κ2) is 11.2. The summed E-state index contributed by atoms with van der Waals surface area (Å²) in [6.45, 7) is 2.06. The lowest BCUT2D eigenvalue weighted by atomic mass is 10.0. The van der Waals surface area contributed by atoms with E-state index in [9.17, 15) is 9.59 Å². The summed E-state index contributed by atoms with van der Waals surface area (Å²) in [7, 11) is 1.00. The Bertz CT molecular complexity index is 731. The van der Waals surface area contributed by atoms with Gasteiger partial charge in [-0.2, -0.15) is 0 Å². The molecule has 1 fully saturated rings. The topological polar surface area (TPSA) is 82.1 Å². The third kappa shape index (κ3) is 6.48. The van der Waals surface area contributed by atoms with Crippen molar-refractivity contribution in [2.45, 2.75) is 38.1 Å². The lowest BCUT2D eigenvalue weighted by Gasteiger charge is -2.33. The fraction of sp³-hybridized carbons (Fsp3) is 0.364. The summed E-state index contributed by atoms with van der Waals surface area (Å²) in [6.07, 6.45) is 0.511. The number of hydrogen-bond donors (Lipinski definition) is 1. The van der Waals surface area contributed by atoms with Crippen molar-refractivity contribution in [3.8, 4) is 0 Å². The molecule has 1 saturated heterocycles. The molecule has 0 aromatic heterocycles. The molecule has 3 atom stereocenters. The van der Waals surface area contributed by atoms with Crippen LogP contribution in [0.1, 0.15) is 40.5 Å². The van der Waals surface area contributed by atoms with E-state index in [1.165, 1.54) is 0 Å². The van der Waals surface area contributed by atoms with E-state index in [2.05, 4.69) is 0 Å². The van der Waals surface area contributed by atoms with Gasteiger partial charge in [-0.1, -0.05) is 36.4 Å². The molecular weight excluding hydrogens is 360 g/mol. The van der Waals surface area contributed by atoms with Crippen molar-refractivity contribution < 1.29 is 28.9 Å². The van der Waals surface area contributed by atoms with Crippen LogP contribution in [0.2, 0.25) is 0 Å². The van der Waals surface area contributed by atoms with E-state index in [0.717, 1.165) is 7.11 Å². The van der Waals surface area contributed by atoms with Gasteiger partial charge in [0.25, 0.3) is 0 Å². The summed E-state index contributed by atoms with van der Waals surface area (Å²) in [5, 5.41) is 7.00. The average Bonchev–Trinajstić information content (AvgIpc) is 2.74. The first kappa shape index (κ1) is 21.6. The minimum absolute atomic E-state index is 0.0715. The van der Waals surface area contributed by atoms with Gasteiger partial charge in [0.2, 0.25) is 0 Å². The highest BCUT2D eigenvalue weighted by molar-refractivity contribution is 5.89. The molecule has 1 aliphatic heterocycles. The number of aliphatic hydroxyl groups is 1. The summed E-state index contributed by atoms with van der Waals surface area (Å²) >= 11 is 0. The molecule has 0 bridgehead atoms. The van der Waals surface area contributed by atoms with Gasteiger partial charge in [0.1, 0.15) is 12.7 Å². The monoisotopic (exact) mass is 386 g/mol. The Labute approximate surface area is 165 Å². The van der Waals surface area contributed by atoms with Gasteiger partial charge in [-0.3, -0.25) is 0 Å². The molecular formula is C22H26O6. The molecule has 3 unspecified atom stereocenters. The third-order valence-electron chi connectivity index (χ3n) is 4.24. The van der Waals surface area contributed by atoms with E-state index < -0.39 is 0 Å². The van der Waals surface area contributed by atoms with E-state index >= 15 is 0 Å². The molecule has 1 N–H and O–H groups in total. The lowest BCUT2D eigenvalue weighted by Crippen LogP contribution is -2.39. The van der Waals surface area contributed by atoms with Gasteiger partial charge in [0.05, 0.1) is 23.3 Å². The van der Waals surface area contributed by atoms with Crippen LogP contribution in [0.25, 0.3) is 0 Å². The van der Waals surface area contributed by atoms with Gasteiger partial charge in [-0.25, -0.2) is 9.59 Å². The van der Waals surface area contributed by atoms with Gasteiger partial charge < -0.3 is 19.3 Å². The molecule has 0 spiro atoms. The minimum atomic E-state index is -0.384. The van der Waals surface area contributed by atoms with Crippen LogP contribution in [0.15, 0.2) is 60.7 Å². The number of esters is 2. The predicted molar refractivity (Wildman–Crippen MR) is 104 cm³/mol. The van der Waals surface area contributed by atoms with Gasteiger partial charge in [-0.15, -0.1) is 0 Å². The highest BCUT2D eigenvalue weighted by Gasteiger charge is 2.30. The number of carbonyl (C=O) groups is 2. The first-order valence-corrected chi connectivity index (χ1v) is 9.20. The second-order valence-electron chi connectivity index (χ2n) is 6.40. The number of benzene rings is 2. The van der Waals surface area contributed by atoms with Gasteiger partial charge in [0.15, 0.2) is 0 Å². The van der Waals surface area contributed by atoms with Crippen LogP contribution in [0, 0.1) is 0 Å². The molecule has 6 heteroatoms. The minimum Gasteiger partial charge on any atom is -0.459 e. The largest absolute Gasteiger partial charge is 0.459 e. The quantitative estimate of drug-likeness (QED) is 0.795. The Kier molecular flexibility index (Phi) is 8.65. The van der Waals surface area contributed by atoms with Gasteiger partial charge >= 0.3 is 11.9 Å². The molecule has 1 heterocycles. The fourth-order valence-corrected chi connectivity index (χ4v) is 3.02. The van der Waals surface area contributed by atoms with Crippen molar-refractivity contribution in [2.24, 2.45) is 0 Å². The Morgan fingerprint density at radius 3 is 2.04 bits per heavy atom. The highest BCUT2D eigenvalue weighted by atomic mass is 16.6. The highest BCUT2D eigenvalue weighted by Crippen LogP contribution is 2.23. The molecule has 0 saturated carbocycles. The van der Waals surface area contributed by atoms with Crippen LogP contribution in [-0.4, -0.2) is 49.1 Å². The maximum atomic E-state index is 12.2. The number of rotatable bonds is 5. The first-order chi connectivity index (χ1) is 13.6. The molecule has 2 aromatic rings. The lowest BCUT2D eigenvalue weighted by molar-refractivity contribution is -0.110. The second-order valence-corrected chi connectivity index (χ2v) is 6.40. The molecule has 0 radical (unpaired) electrons. The molecule has 6 nitrogen and oxygen atoms in total. The standard InChI is InChI=1S/C21H22O5.CH4O/c1-15-12-18(26-21(23)17-10-6-3-7-11-17)13-19(25-15)14-24-20(22)16-8-4-2-5-9-16;1-2/h2-11,15,18-19H,12-14H2,1H3;2H,1H3. The van der Waals surface area contributed by atoms with Crippen molar-refractivity contribution >= 4 is 11.9 Å². The normalized spacial score (nSPS) is 21.0. The Morgan fingerprint density at radius 1 is 0.929 bits per heavy atom. The smallest absolute Gasteiger partial charge is 0.338 e. The SMILES string of the molecule is CC1CC(OC(=O)c2ccccc2)CC(COC(=O)c2ccccc2)O1.CO. The maximum Gasteiger partial charge on any atom is 0.338 e. The molecule has 2 aromatic carbocycles. The van der Waals surface area contributed by atoms with Crippen molar-refractivity contribution in [3.63, 3.8) is 0 Å². The number of carbonyl (C=O) groups excluding carboxylic acids is 2. The molecule has 150 valence electrons. The molecule has 28 heavy (non-hydrogen) atoms. The molecule has 1 aliphatic rings. The van der Waals surface area contributed by atoms with Crippen molar-refractivity contribution in [1.82, 2.24) is 0 Å². The summed E-state index contributed by atoms with van der Waals surface area (Å²) in [6, 6.07) is 17.7. The van der Waals surface area contributed by atoms with Crippen LogP contribution in [-0.2, 0) is 14.2 Å². The van der Waals surface area contributed by atoms with Crippen molar-refractivity contribution in [3.05, 3.63) is 71.8 Å². The van der Waals surface area contributed by atoms with Crippen molar-refractivity contribution in [2.75, 3.05) is 13.7 Å². The van der Waals surface area contributed by atoms with Crippen LogP contribution in [0.3, 0.4) is 0 Å². The van der Waals surface area contributed by atoms with E-state index in [-0.39, 0.29) is 36.9 Å². The van der Waals surface area contributed by atoms with Crippen LogP contribution < -0.4 is 0 Å². The maximum absolute atomic E-state index is 12.2. The molecule has 0 amide bonds. The third-order valence-corrected chi connectivity index (χ3v) is 4.24. The fourth-order valence-electron chi connectivity index (χ4n) is 3.02. The van der Waals surface area contributed by atoms with E-state index in [1.54, 1.807) is 48.5 Å².